The number of carbonyl (C=O) groups excluding carboxylic acids is 2. The van der Waals surface area contributed by atoms with Crippen molar-refractivity contribution in [3.8, 4) is 16.9 Å². The van der Waals surface area contributed by atoms with Crippen LogP contribution in [-0.4, -0.2) is 55.4 Å². The minimum absolute atomic E-state index is 0.0682. The van der Waals surface area contributed by atoms with Gasteiger partial charge in [0.1, 0.15) is 11.6 Å². The molecule has 1 aliphatic heterocycles. The quantitative estimate of drug-likeness (QED) is 0.727. The molecule has 4 rings (SSSR count). The summed E-state index contributed by atoms with van der Waals surface area (Å²) in [6.07, 6.45) is 2.89. The van der Waals surface area contributed by atoms with Gasteiger partial charge < -0.3 is 14.5 Å². The second kappa shape index (κ2) is 8.46. The van der Waals surface area contributed by atoms with Crippen LogP contribution in [0.3, 0.4) is 0 Å². The van der Waals surface area contributed by atoms with E-state index in [0.717, 1.165) is 37.1 Å². The molecule has 1 saturated heterocycles. The molecule has 6 heteroatoms. The Labute approximate surface area is 176 Å². The molecule has 2 fully saturated rings. The lowest BCUT2D eigenvalue weighted by molar-refractivity contribution is -0.131. The maximum Gasteiger partial charge on any atom is 0.256 e. The molecule has 1 atom stereocenters. The molecule has 30 heavy (non-hydrogen) atoms. The first-order valence-corrected chi connectivity index (χ1v) is 10.4. The number of likely N-dealkylation sites (tertiary alicyclic amines) is 1. The van der Waals surface area contributed by atoms with Crippen molar-refractivity contribution in [2.45, 2.75) is 19.3 Å². The number of carbonyl (C=O) groups is 2. The highest BCUT2D eigenvalue weighted by molar-refractivity contribution is 5.95. The van der Waals surface area contributed by atoms with Gasteiger partial charge in [0, 0.05) is 32.6 Å². The Bertz CT molecular complexity index is 940. The van der Waals surface area contributed by atoms with Crippen LogP contribution in [0.4, 0.5) is 4.39 Å². The first-order chi connectivity index (χ1) is 14.5. The molecule has 158 valence electrons. The lowest BCUT2D eigenvalue weighted by Gasteiger charge is -2.22. The zero-order valence-electron chi connectivity index (χ0n) is 17.4. The van der Waals surface area contributed by atoms with Gasteiger partial charge in [-0.25, -0.2) is 4.39 Å². The molecule has 0 N–H and O–H groups in total. The fraction of sp³-hybridized carbons (Fsp3) is 0.417. The Hall–Kier alpha value is -2.89. The number of hydrogen-bond donors (Lipinski definition) is 0. The molecule has 1 heterocycles. The number of benzene rings is 2. The van der Waals surface area contributed by atoms with Crippen molar-refractivity contribution in [2.75, 3.05) is 33.8 Å². The van der Waals surface area contributed by atoms with Gasteiger partial charge in [-0.15, -0.1) is 0 Å². The molecule has 0 radical (unpaired) electrons. The molecule has 2 aromatic carbocycles. The van der Waals surface area contributed by atoms with Crippen LogP contribution in [0.5, 0.6) is 5.75 Å². The van der Waals surface area contributed by atoms with Crippen molar-refractivity contribution in [1.82, 2.24) is 9.80 Å². The summed E-state index contributed by atoms with van der Waals surface area (Å²) in [4.78, 5) is 28.5. The average Bonchev–Trinajstić information content (AvgIpc) is 3.51. The van der Waals surface area contributed by atoms with Gasteiger partial charge in [0.2, 0.25) is 5.91 Å². The van der Waals surface area contributed by atoms with Crippen LogP contribution in [0.2, 0.25) is 0 Å². The standard InChI is InChI=1S/C24H27FN2O3/c1-26(14-16-11-12-27(15-16)23(28)18-3-4-18)24(29)21-10-7-19(13-22(21)25)17-5-8-20(30-2)9-6-17/h5-10,13,16,18H,3-4,11-12,14-15H2,1-2H3/t16-/m0/s1. The topological polar surface area (TPSA) is 49.9 Å². The highest BCUT2D eigenvalue weighted by atomic mass is 19.1. The second-order valence-electron chi connectivity index (χ2n) is 8.32. The van der Waals surface area contributed by atoms with Crippen LogP contribution in [0, 0.1) is 17.7 Å². The minimum atomic E-state index is -0.530. The number of methoxy groups -OCH3 is 1. The van der Waals surface area contributed by atoms with E-state index in [9.17, 15) is 14.0 Å². The van der Waals surface area contributed by atoms with Crippen molar-refractivity contribution in [2.24, 2.45) is 11.8 Å². The Morgan fingerprint density at radius 3 is 2.43 bits per heavy atom. The number of nitrogens with zero attached hydrogens (tertiary/aromatic N) is 2. The first-order valence-electron chi connectivity index (χ1n) is 10.4. The van der Waals surface area contributed by atoms with E-state index in [1.54, 1.807) is 31.2 Å². The Morgan fingerprint density at radius 1 is 1.10 bits per heavy atom. The monoisotopic (exact) mass is 410 g/mol. The highest BCUT2D eigenvalue weighted by Gasteiger charge is 2.37. The van der Waals surface area contributed by atoms with Crippen LogP contribution in [0.15, 0.2) is 42.5 Å². The third kappa shape index (κ3) is 4.32. The second-order valence-corrected chi connectivity index (χ2v) is 8.32. The van der Waals surface area contributed by atoms with Crippen LogP contribution in [-0.2, 0) is 4.79 Å². The minimum Gasteiger partial charge on any atom is -0.497 e. The summed E-state index contributed by atoms with van der Waals surface area (Å²) in [6, 6.07) is 12.1. The van der Waals surface area contributed by atoms with E-state index in [4.69, 9.17) is 4.74 Å². The molecule has 0 unspecified atom stereocenters. The summed E-state index contributed by atoms with van der Waals surface area (Å²) < 4.78 is 19.9. The lowest BCUT2D eigenvalue weighted by Crippen LogP contribution is -2.35. The maximum atomic E-state index is 14.7. The summed E-state index contributed by atoms with van der Waals surface area (Å²) in [7, 11) is 3.30. The van der Waals surface area contributed by atoms with Crippen molar-refractivity contribution in [1.29, 1.82) is 0 Å². The smallest absolute Gasteiger partial charge is 0.256 e. The van der Waals surface area contributed by atoms with Crippen molar-refractivity contribution in [3.63, 3.8) is 0 Å². The fourth-order valence-electron chi connectivity index (χ4n) is 4.10. The van der Waals surface area contributed by atoms with E-state index in [-0.39, 0.29) is 29.2 Å². The molecule has 1 aliphatic carbocycles. The van der Waals surface area contributed by atoms with E-state index in [1.165, 1.54) is 6.07 Å². The Balaban J connectivity index is 1.39. The van der Waals surface area contributed by atoms with Crippen LogP contribution in [0.1, 0.15) is 29.6 Å². The van der Waals surface area contributed by atoms with Gasteiger partial charge in [-0.05, 0) is 60.6 Å². The number of ether oxygens (including phenoxy) is 1. The van der Waals surface area contributed by atoms with Crippen LogP contribution < -0.4 is 4.74 Å². The van der Waals surface area contributed by atoms with Gasteiger partial charge in [-0.2, -0.15) is 0 Å². The summed E-state index contributed by atoms with van der Waals surface area (Å²) >= 11 is 0. The van der Waals surface area contributed by atoms with E-state index in [1.807, 2.05) is 29.2 Å². The maximum absolute atomic E-state index is 14.7. The average molecular weight is 410 g/mol. The Morgan fingerprint density at radius 2 is 1.80 bits per heavy atom. The molecule has 1 saturated carbocycles. The molecular formula is C24H27FN2O3. The van der Waals surface area contributed by atoms with Crippen LogP contribution >= 0.6 is 0 Å². The van der Waals surface area contributed by atoms with Gasteiger partial charge in [-0.3, -0.25) is 9.59 Å². The largest absolute Gasteiger partial charge is 0.497 e. The molecule has 0 bridgehead atoms. The first kappa shape index (κ1) is 20.4. The molecule has 2 aliphatic rings. The molecule has 5 nitrogen and oxygen atoms in total. The fourth-order valence-corrected chi connectivity index (χ4v) is 4.10. The predicted octanol–water partition coefficient (Wildman–Crippen LogP) is 3.83. The summed E-state index contributed by atoms with van der Waals surface area (Å²) in [5.74, 6) is 0.589. The highest BCUT2D eigenvalue weighted by Crippen LogP contribution is 2.33. The summed E-state index contributed by atoms with van der Waals surface area (Å²) in [6.45, 7) is 1.96. The molecule has 0 aromatic heterocycles. The molecule has 2 amide bonds. The predicted molar refractivity (Wildman–Crippen MR) is 113 cm³/mol. The van der Waals surface area contributed by atoms with Crippen molar-refractivity contribution >= 4 is 11.8 Å². The van der Waals surface area contributed by atoms with E-state index < -0.39 is 5.82 Å². The SMILES string of the molecule is COc1ccc(-c2ccc(C(=O)N(C)C[C@@H]3CCN(C(=O)C4CC4)C3)c(F)c2)cc1. The van der Waals surface area contributed by atoms with Crippen molar-refractivity contribution < 1.29 is 18.7 Å². The number of rotatable bonds is 6. The number of hydrogen-bond acceptors (Lipinski definition) is 3. The van der Waals surface area contributed by atoms with E-state index in [0.29, 0.717) is 18.7 Å². The van der Waals surface area contributed by atoms with Gasteiger partial charge >= 0.3 is 0 Å². The third-order valence-electron chi connectivity index (χ3n) is 6.03. The van der Waals surface area contributed by atoms with Crippen LogP contribution in [0.25, 0.3) is 11.1 Å². The molecule has 2 aromatic rings. The number of amides is 2. The zero-order chi connectivity index (χ0) is 21.3. The Kier molecular flexibility index (Phi) is 5.75. The number of halogens is 1. The molecule has 0 spiro atoms. The van der Waals surface area contributed by atoms with Gasteiger partial charge in [0.05, 0.1) is 12.7 Å². The molecular weight excluding hydrogens is 383 g/mol. The lowest BCUT2D eigenvalue weighted by atomic mass is 10.0. The van der Waals surface area contributed by atoms with Gasteiger partial charge in [0.25, 0.3) is 5.91 Å². The zero-order valence-corrected chi connectivity index (χ0v) is 17.4. The van der Waals surface area contributed by atoms with Gasteiger partial charge in [-0.1, -0.05) is 18.2 Å². The van der Waals surface area contributed by atoms with E-state index in [2.05, 4.69) is 0 Å². The normalized spacial score (nSPS) is 18.4. The third-order valence-corrected chi connectivity index (χ3v) is 6.03. The summed E-state index contributed by atoms with van der Waals surface area (Å²) in [5.41, 5.74) is 1.63. The van der Waals surface area contributed by atoms with Gasteiger partial charge in [0.15, 0.2) is 0 Å². The summed E-state index contributed by atoms with van der Waals surface area (Å²) in [5, 5.41) is 0. The van der Waals surface area contributed by atoms with E-state index >= 15 is 0 Å². The van der Waals surface area contributed by atoms with Crippen molar-refractivity contribution in [3.05, 3.63) is 53.8 Å².